The van der Waals surface area contributed by atoms with E-state index in [9.17, 15) is 9.59 Å². The molecule has 1 aliphatic heterocycles. The summed E-state index contributed by atoms with van der Waals surface area (Å²) < 4.78 is 6.03. The Morgan fingerprint density at radius 1 is 1.43 bits per heavy atom. The van der Waals surface area contributed by atoms with E-state index >= 15 is 0 Å². The standard InChI is InChI=1S/C14H17BrN2O4/c1-14(2)8-17(5-6-21-14)13(20)16-9-3-4-11(15)10(7-9)12(18)19/h3-4,7H,5-6,8H2,1-2H3,(H,16,20)(H,18,19). The molecule has 1 aromatic rings. The number of morpholine rings is 1. The van der Waals surface area contributed by atoms with Gasteiger partial charge >= 0.3 is 12.0 Å². The number of carboxylic acid groups (broad SMARTS) is 1. The van der Waals surface area contributed by atoms with Gasteiger partial charge in [-0.25, -0.2) is 9.59 Å². The number of nitrogens with zero attached hydrogens (tertiary/aromatic N) is 1. The Bertz CT molecular complexity index is 574. The van der Waals surface area contributed by atoms with Gasteiger partial charge in [-0.2, -0.15) is 0 Å². The van der Waals surface area contributed by atoms with Crippen LogP contribution in [0.1, 0.15) is 24.2 Å². The quantitative estimate of drug-likeness (QED) is 0.853. The lowest BCUT2D eigenvalue weighted by molar-refractivity contribution is -0.0720. The first-order chi connectivity index (χ1) is 9.78. The number of urea groups is 1. The second-order valence-corrected chi connectivity index (χ2v) is 6.31. The highest BCUT2D eigenvalue weighted by molar-refractivity contribution is 9.10. The molecule has 1 saturated heterocycles. The van der Waals surface area contributed by atoms with Crippen molar-refractivity contribution in [2.75, 3.05) is 25.0 Å². The van der Waals surface area contributed by atoms with Crippen LogP contribution in [-0.2, 0) is 4.74 Å². The number of aromatic carboxylic acids is 1. The molecule has 1 fully saturated rings. The number of anilines is 1. The van der Waals surface area contributed by atoms with E-state index in [2.05, 4.69) is 21.2 Å². The van der Waals surface area contributed by atoms with Crippen molar-refractivity contribution >= 4 is 33.6 Å². The first kappa shape index (κ1) is 15.8. The molecule has 0 aliphatic carbocycles. The first-order valence-corrected chi connectivity index (χ1v) is 7.30. The number of carbonyl (C=O) groups excluding carboxylic acids is 1. The van der Waals surface area contributed by atoms with Gasteiger partial charge in [0.15, 0.2) is 0 Å². The van der Waals surface area contributed by atoms with Gasteiger partial charge in [0.2, 0.25) is 0 Å². The SMILES string of the molecule is CC1(C)CN(C(=O)Nc2ccc(Br)c(C(=O)O)c2)CCO1. The molecule has 7 heteroatoms. The summed E-state index contributed by atoms with van der Waals surface area (Å²) in [5.74, 6) is -1.05. The lowest BCUT2D eigenvalue weighted by Gasteiger charge is -2.38. The molecule has 21 heavy (non-hydrogen) atoms. The van der Waals surface area contributed by atoms with Crippen LogP contribution < -0.4 is 5.32 Å². The van der Waals surface area contributed by atoms with Gasteiger partial charge in [-0.3, -0.25) is 0 Å². The number of hydrogen-bond acceptors (Lipinski definition) is 3. The maximum atomic E-state index is 12.2. The van der Waals surface area contributed by atoms with Gasteiger partial charge < -0.3 is 20.1 Å². The number of hydrogen-bond donors (Lipinski definition) is 2. The fourth-order valence-electron chi connectivity index (χ4n) is 2.16. The van der Waals surface area contributed by atoms with Crippen LogP contribution in [0.4, 0.5) is 10.5 Å². The molecular weight excluding hydrogens is 340 g/mol. The molecule has 0 unspecified atom stereocenters. The molecule has 0 saturated carbocycles. The topological polar surface area (TPSA) is 78.9 Å². The summed E-state index contributed by atoms with van der Waals surface area (Å²) in [6, 6.07) is 4.42. The van der Waals surface area contributed by atoms with Crippen molar-refractivity contribution < 1.29 is 19.4 Å². The fraction of sp³-hybridized carbons (Fsp3) is 0.429. The van der Waals surface area contributed by atoms with E-state index in [0.29, 0.717) is 29.9 Å². The highest BCUT2D eigenvalue weighted by Crippen LogP contribution is 2.22. The number of halogens is 1. The number of rotatable bonds is 2. The van der Waals surface area contributed by atoms with Gasteiger partial charge in [0.05, 0.1) is 24.3 Å². The molecule has 0 radical (unpaired) electrons. The van der Waals surface area contributed by atoms with Crippen molar-refractivity contribution in [1.82, 2.24) is 4.90 Å². The number of carbonyl (C=O) groups is 2. The van der Waals surface area contributed by atoms with Crippen LogP contribution >= 0.6 is 15.9 Å². The zero-order valence-corrected chi connectivity index (χ0v) is 13.4. The molecule has 1 heterocycles. The van der Waals surface area contributed by atoms with Crippen molar-refractivity contribution in [2.45, 2.75) is 19.4 Å². The van der Waals surface area contributed by atoms with Crippen LogP contribution in [0, 0.1) is 0 Å². The highest BCUT2D eigenvalue weighted by Gasteiger charge is 2.30. The van der Waals surface area contributed by atoms with Crippen LogP contribution in [0.2, 0.25) is 0 Å². The van der Waals surface area contributed by atoms with Crippen molar-refractivity contribution in [1.29, 1.82) is 0 Å². The summed E-state index contributed by atoms with van der Waals surface area (Å²) in [4.78, 5) is 25.0. The van der Waals surface area contributed by atoms with Gasteiger partial charge in [-0.05, 0) is 48.0 Å². The van der Waals surface area contributed by atoms with Crippen molar-refractivity contribution in [3.63, 3.8) is 0 Å². The minimum Gasteiger partial charge on any atom is -0.478 e. The number of carboxylic acids is 1. The smallest absolute Gasteiger partial charge is 0.336 e. The normalized spacial score (nSPS) is 17.4. The van der Waals surface area contributed by atoms with Crippen LogP contribution in [0.25, 0.3) is 0 Å². The zero-order valence-electron chi connectivity index (χ0n) is 11.9. The molecule has 2 N–H and O–H groups in total. The molecule has 2 amide bonds. The average molecular weight is 357 g/mol. The van der Waals surface area contributed by atoms with Crippen LogP contribution in [0.3, 0.4) is 0 Å². The maximum Gasteiger partial charge on any atom is 0.336 e. The third-order valence-electron chi connectivity index (χ3n) is 3.16. The van der Waals surface area contributed by atoms with Crippen molar-refractivity contribution in [2.24, 2.45) is 0 Å². The minimum atomic E-state index is -1.05. The fourth-order valence-corrected chi connectivity index (χ4v) is 2.58. The Morgan fingerprint density at radius 2 is 2.14 bits per heavy atom. The van der Waals surface area contributed by atoms with E-state index in [1.54, 1.807) is 17.0 Å². The number of ether oxygens (including phenoxy) is 1. The summed E-state index contributed by atoms with van der Waals surface area (Å²) in [5, 5.41) is 11.8. The van der Waals surface area contributed by atoms with Gasteiger partial charge in [0.25, 0.3) is 0 Å². The van der Waals surface area contributed by atoms with E-state index in [4.69, 9.17) is 9.84 Å². The molecule has 114 valence electrons. The lowest BCUT2D eigenvalue weighted by Crippen LogP contribution is -2.51. The predicted molar refractivity (Wildman–Crippen MR) is 81.7 cm³/mol. The number of amides is 2. The van der Waals surface area contributed by atoms with Gasteiger partial charge in [-0.15, -0.1) is 0 Å². The Balaban J connectivity index is 2.09. The molecule has 0 aromatic heterocycles. The number of benzene rings is 1. The van der Waals surface area contributed by atoms with Gasteiger partial charge in [0, 0.05) is 16.7 Å². The van der Waals surface area contributed by atoms with E-state index < -0.39 is 5.97 Å². The second kappa shape index (κ2) is 6.03. The highest BCUT2D eigenvalue weighted by atomic mass is 79.9. The second-order valence-electron chi connectivity index (χ2n) is 5.46. The van der Waals surface area contributed by atoms with E-state index in [-0.39, 0.29) is 17.2 Å². The third-order valence-corrected chi connectivity index (χ3v) is 3.85. The molecule has 0 spiro atoms. The molecular formula is C14H17BrN2O4. The lowest BCUT2D eigenvalue weighted by atomic mass is 10.1. The first-order valence-electron chi connectivity index (χ1n) is 6.51. The largest absolute Gasteiger partial charge is 0.478 e. The predicted octanol–water partition coefficient (Wildman–Crippen LogP) is 2.79. The van der Waals surface area contributed by atoms with E-state index in [0.717, 1.165) is 0 Å². The van der Waals surface area contributed by atoms with Crippen LogP contribution in [-0.4, -0.2) is 47.3 Å². The molecule has 1 aromatic carbocycles. The van der Waals surface area contributed by atoms with E-state index in [1.807, 2.05) is 13.8 Å². The summed E-state index contributed by atoms with van der Waals surface area (Å²) in [7, 11) is 0. The Kier molecular flexibility index (Phi) is 4.53. The molecule has 0 bridgehead atoms. The Hall–Kier alpha value is -1.60. The van der Waals surface area contributed by atoms with Crippen LogP contribution in [0.15, 0.2) is 22.7 Å². The van der Waals surface area contributed by atoms with Crippen LogP contribution in [0.5, 0.6) is 0 Å². The van der Waals surface area contributed by atoms with Gasteiger partial charge in [-0.1, -0.05) is 0 Å². The van der Waals surface area contributed by atoms with Crippen molar-refractivity contribution in [3.8, 4) is 0 Å². The Labute approximate surface area is 131 Å². The van der Waals surface area contributed by atoms with Crippen molar-refractivity contribution in [3.05, 3.63) is 28.2 Å². The monoisotopic (exact) mass is 356 g/mol. The zero-order chi connectivity index (χ0) is 15.6. The molecule has 6 nitrogen and oxygen atoms in total. The maximum absolute atomic E-state index is 12.2. The summed E-state index contributed by atoms with van der Waals surface area (Å²) >= 11 is 3.17. The summed E-state index contributed by atoms with van der Waals surface area (Å²) in [6.45, 7) is 5.34. The molecule has 0 atom stereocenters. The third kappa shape index (κ3) is 3.95. The van der Waals surface area contributed by atoms with Gasteiger partial charge in [0.1, 0.15) is 0 Å². The van der Waals surface area contributed by atoms with E-state index in [1.165, 1.54) is 6.07 Å². The summed E-state index contributed by atoms with van der Waals surface area (Å²) in [6.07, 6.45) is 0. The average Bonchev–Trinajstić information content (AvgIpc) is 2.39. The molecule has 1 aliphatic rings. The Morgan fingerprint density at radius 3 is 2.76 bits per heavy atom. The number of nitrogens with one attached hydrogen (secondary N) is 1. The summed E-state index contributed by atoms with van der Waals surface area (Å²) in [5.41, 5.74) is 0.182. The minimum absolute atomic E-state index is 0.107. The molecule has 2 rings (SSSR count).